The molecule has 1 aromatic heterocycles. The molecule has 1 saturated carbocycles. The van der Waals surface area contributed by atoms with Crippen molar-refractivity contribution in [2.24, 2.45) is 5.73 Å². The van der Waals surface area contributed by atoms with Crippen LogP contribution in [0.1, 0.15) is 30.6 Å². The Morgan fingerprint density at radius 1 is 1.53 bits per heavy atom. The number of rotatable bonds is 3. The predicted molar refractivity (Wildman–Crippen MR) is 66.1 cm³/mol. The molecule has 1 aromatic rings. The molecule has 2 rings (SSSR count). The molecular weight excluding hydrogens is 274 g/mol. The first kappa shape index (κ1) is 11.3. The molecule has 1 aliphatic rings. The highest BCUT2D eigenvalue weighted by molar-refractivity contribution is 9.10. The molecule has 4 heteroatoms. The van der Waals surface area contributed by atoms with Crippen LogP contribution in [-0.2, 0) is 11.2 Å². The van der Waals surface area contributed by atoms with Crippen molar-refractivity contribution in [2.75, 3.05) is 0 Å². The highest BCUT2D eigenvalue weighted by Crippen LogP contribution is 2.30. The molecule has 0 bridgehead atoms. The summed E-state index contributed by atoms with van der Waals surface area (Å²) in [5.74, 6) is 0.203. The summed E-state index contributed by atoms with van der Waals surface area (Å²) in [6, 6.07) is 2.00. The lowest BCUT2D eigenvalue weighted by Gasteiger charge is -2.21. The van der Waals surface area contributed by atoms with Gasteiger partial charge in [-0.3, -0.25) is 4.79 Å². The molecule has 0 unspecified atom stereocenters. The van der Waals surface area contributed by atoms with Gasteiger partial charge in [0.15, 0.2) is 5.78 Å². The number of carbonyl (C=O) groups excluding carboxylic acids is 1. The predicted octanol–water partition coefficient (Wildman–Crippen LogP) is 2.89. The summed E-state index contributed by atoms with van der Waals surface area (Å²) in [4.78, 5) is 13.1. The maximum absolute atomic E-state index is 12.0. The Morgan fingerprint density at radius 3 is 2.73 bits per heavy atom. The fourth-order valence-corrected chi connectivity index (χ4v) is 3.52. The van der Waals surface area contributed by atoms with Crippen molar-refractivity contribution in [1.82, 2.24) is 0 Å². The number of carbonyl (C=O) groups is 1. The monoisotopic (exact) mass is 287 g/mol. The second kappa shape index (κ2) is 4.36. The average Bonchev–Trinajstić information content (AvgIpc) is 2.76. The minimum absolute atomic E-state index is 0.203. The minimum atomic E-state index is -0.531. The Morgan fingerprint density at radius 2 is 2.20 bits per heavy atom. The maximum Gasteiger partial charge on any atom is 0.157 e. The van der Waals surface area contributed by atoms with Crippen molar-refractivity contribution < 1.29 is 4.79 Å². The summed E-state index contributed by atoms with van der Waals surface area (Å²) in [7, 11) is 0. The third-order valence-electron chi connectivity index (χ3n) is 3.01. The van der Waals surface area contributed by atoms with E-state index in [1.165, 1.54) is 0 Å². The first-order valence-corrected chi connectivity index (χ1v) is 6.82. The van der Waals surface area contributed by atoms with Gasteiger partial charge >= 0.3 is 0 Å². The van der Waals surface area contributed by atoms with Crippen molar-refractivity contribution in [3.63, 3.8) is 0 Å². The number of ketones is 1. The molecule has 0 amide bonds. The average molecular weight is 288 g/mol. The van der Waals surface area contributed by atoms with Gasteiger partial charge in [-0.15, -0.1) is 11.3 Å². The lowest BCUT2D eigenvalue weighted by Crippen LogP contribution is -2.45. The van der Waals surface area contributed by atoms with Gasteiger partial charge in [-0.05, 0) is 34.8 Å². The molecule has 0 saturated heterocycles. The smallest absolute Gasteiger partial charge is 0.157 e. The van der Waals surface area contributed by atoms with Gasteiger partial charge in [-0.1, -0.05) is 12.8 Å². The van der Waals surface area contributed by atoms with E-state index >= 15 is 0 Å². The molecule has 0 atom stereocenters. The number of nitrogens with two attached hydrogens (primary N) is 1. The summed E-state index contributed by atoms with van der Waals surface area (Å²) in [5, 5.41) is 2.00. The summed E-state index contributed by atoms with van der Waals surface area (Å²) < 4.78 is 1.05. The van der Waals surface area contributed by atoms with E-state index in [4.69, 9.17) is 5.73 Å². The van der Waals surface area contributed by atoms with Crippen LogP contribution in [0.4, 0.5) is 0 Å². The zero-order valence-electron chi connectivity index (χ0n) is 8.46. The first-order chi connectivity index (χ1) is 7.10. The number of Topliss-reactive ketones (excluding diaryl/α,β-unsaturated/α-hetero) is 1. The molecule has 2 N–H and O–H groups in total. The molecule has 15 heavy (non-hydrogen) atoms. The Hall–Kier alpha value is -0.190. The zero-order valence-corrected chi connectivity index (χ0v) is 10.9. The van der Waals surface area contributed by atoms with Crippen LogP contribution in [0.15, 0.2) is 15.9 Å². The third kappa shape index (κ3) is 2.49. The molecule has 0 aliphatic heterocycles. The first-order valence-electron chi connectivity index (χ1n) is 5.15. The Bertz CT molecular complexity index is 368. The normalized spacial score (nSPS) is 19.3. The van der Waals surface area contributed by atoms with Gasteiger partial charge in [-0.2, -0.15) is 0 Å². The van der Waals surface area contributed by atoms with E-state index in [1.54, 1.807) is 11.3 Å². The maximum atomic E-state index is 12.0. The standard InChI is InChI=1S/C11H14BrNOS/c12-8-5-9(15-7-8)6-10(14)11(13)3-1-2-4-11/h5,7H,1-4,6,13H2. The molecule has 2 nitrogen and oxygen atoms in total. The molecule has 1 aliphatic carbocycles. The van der Waals surface area contributed by atoms with Crippen molar-refractivity contribution in [3.8, 4) is 0 Å². The number of hydrogen-bond donors (Lipinski definition) is 1. The van der Waals surface area contributed by atoms with Gasteiger partial charge in [0, 0.05) is 21.2 Å². The summed E-state index contributed by atoms with van der Waals surface area (Å²) in [5.41, 5.74) is 5.57. The van der Waals surface area contributed by atoms with Crippen molar-refractivity contribution >= 4 is 33.0 Å². The highest BCUT2D eigenvalue weighted by Gasteiger charge is 2.36. The van der Waals surface area contributed by atoms with E-state index in [1.807, 2.05) is 11.4 Å². The number of hydrogen-bond acceptors (Lipinski definition) is 3. The molecule has 1 heterocycles. The van der Waals surface area contributed by atoms with Gasteiger partial charge in [0.2, 0.25) is 0 Å². The largest absolute Gasteiger partial charge is 0.319 e. The Labute approximate surface area is 102 Å². The van der Waals surface area contributed by atoms with Crippen LogP contribution in [-0.4, -0.2) is 11.3 Å². The van der Waals surface area contributed by atoms with Crippen LogP contribution in [0.2, 0.25) is 0 Å². The van der Waals surface area contributed by atoms with Gasteiger partial charge < -0.3 is 5.73 Å². The van der Waals surface area contributed by atoms with Gasteiger partial charge in [0.05, 0.1) is 5.54 Å². The molecule has 82 valence electrons. The van der Waals surface area contributed by atoms with Crippen LogP contribution < -0.4 is 5.73 Å². The van der Waals surface area contributed by atoms with Crippen LogP contribution in [0.5, 0.6) is 0 Å². The second-order valence-corrected chi connectivity index (χ2v) is 6.11. The Balaban J connectivity index is 2.03. The topological polar surface area (TPSA) is 43.1 Å². The van der Waals surface area contributed by atoms with Crippen LogP contribution in [0.3, 0.4) is 0 Å². The van der Waals surface area contributed by atoms with E-state index in [-0.39, 0.29) is 5.78 Å². The van der Waals surface area contributed by atoms with Crippen molar-refractivity contribution in [2.45, 2.75) is 37.6 Å². The molecule has 0 spiro atoms. The number of halogens is 1. The fraction of sp³-hybridized carbons (Fsp3) is 0.545. The zero-order chi connectivity index (χ0) is 10.9. The molecule has 0 radical (unpaired) electrons. The summed E-state index contributed by atoms with van der Waals surface area (Å²) in [6.45, 7) is 0. The van der Waals surface area contributed by atoms with Gasteiger partial charge in [0.1, 0.15) is 0 Å². The lowest BCUT2D eigenvalue weighted by atomic mass is 9.91. The van der Waals surface area contributed by atoms with Gasteiger partial charge in [0.25, 0.3) is 0 Å². The second-order valence-electron chi connectivity index (χ2n) is 4.19. The van der Waals surface area contributed by atoms with Crippen molar-refractivity contribution in [1.29, 1.82) is 0 Å². The number of thiophene rings is 1. The molecule has 1 fully saturated rings. The fourth-order valence-electron chi connectivity index (χ4n) is 2.07. The third-order valence-corrected chi connectivity index (χ3v) is 4.71. The van der Waals surface area contributed by atoms with Crippen LogP contribution >= 0.6 is 27.3 Å². The SMILES string of the molecule is NC1(C(=O)Cc2cc(Br)cs2)CCCC1. The Kier molecular flexibility index (Phi) is 3.28. The van der Waals surface area contributed by atoms with E-state index in [9.17, 15) is 4.79 Å². The van der Waals surface area contributed by atoms with Gasteiger partial charge in [-0.25, -0.2) is 0 Å². The summed E-state index contributed by atoms with van der Waals surface area (Å²) in [6.07, 6.45) is 4.40. The van der Waals surface area contributed by atoms with E-state index in [2.05, 4.69) is 15.9 Å². The van der Waals surface area contributed by atoms with E-state index < -0.39 is 5.54 Å². The van der Waals surface area contributed by atoms with E-state index in [0.29, 0.717) is 6.42 Å². The highest BCUT2D eigenvalue weighted by atomic mass is 79.9. The van der Waals surface area contributed by atoms with Crippen molar-refractivity contribution in [3.05, 3.63) is 20.8 Å². The van der Waals surface area contributed by atoms with Crippen LogP contribution in [0, 0.1) is 0 Å². The molecular formula is C11H14BrNOS. The summed E-state index contributed by atoms with van der Waals surface area (Å²) >= 11 is 5.00. The lowest BCUT2D eigenvalue weighted by molar-refractivity contribution is -0.123. The minimum Gasteiger partial charge on any atom is -0.319 e. The van der Waals surface area contributed by atoms with E-state index in [0.717, 1.165) is 35.0 Å². The quantitative estimate of drug-likeness (QED) is 0.929. The van der Waals surface area contributed by atoms with Crippen LogP contribution in [0.25, 0.3) is 0 Å². The molecule has 0 aromatic carbocycles.